The summed E-state index contributed by atoms with van der Waals surface area (Å²) in [7, 11) is 0. The minimum Gasteiger partial charge on any atom is -0.304 e. The van der Waals surface area contributed by atoms with Gasteiger partial charge in [-0.15, -0.1) is 0 Å². The molecular weight excluding hydrogens is 493 g/mol. The van der Waals surface area contributed by atoms with Crippen molar-refractivity contribution in [2.75, 3.05) is 4.90 Å². The van der Waals surface area contributed by atoms with Crippen molar-refractivity contribution in [2.24, 2.45) is 0 Å². The molecule has 3 aromatic rings. The Labute approximate surface area is 221 Å². The van der Waals surface area contributed by atoms with Crippen molar-refractivity contribution in [3.8, 4) is 0 Å². The minimum absolute atomic E-state index is 0.0909. The third-order valence-electron chi connectivity index (χ3n) is 6.29. The summed E-state index contributed by atoms with van der Waals surface area (Å²) in [6.07, 6.45) is -4.59. The van der Waals surface area contributed by atoms with Gasteiger partial charge in [0, 0.05) is 16.8 Å². The Hall–Kier alpha value is -3.65. The first-order chi connectivity index (χ1) is 17.5. The smallest absolute Gasteiger partial charge is 0.304 e. The largest absolute Gasteiger partial charge is 0.416 e. The number of rotatable bonds is 5. The number of carbonyl (C=O) groups is 2. The molecule has 0 atom stereocenters. The van der Waals surface area contributed by atoms with Crippen LogP contribution in [0, 0.1) is 0 Å². The number of nitrogens with zero attached hydrogens (tertiary/aromatic N) is 1. The Bertz CT molecular complexity index is 1290. The second-order valence-corrected chi connectivity index (χ2v) is 11.4. The molecule has 0 spiro atoms. The highest BCUT2D eigenvalue weighted by Crippen LogP contribution is 2.33. The van der Waals surface area contributed by atoms with Crippen molar-refractivity contribution >= 4 is 17.5 Å². The van der Waals surface area contributed by atoms with Crippen LogP contribution >= 0.6 is 0 Å². The Morgan fingerprint density at radius 3 is 1.79 bits per heavy atom. The number of halogens is 3. The monoisotopic (exact) mass is 526 g/mol. The maximum Gasteiger partial charge on any atom is 0.416 e. The lowest BCUT2D eigenvalue weighted by Crippen LogP contribution is -2.31. The number of hydroxylamine groups is 1. The molecule has 5 nitrogen and oxygen atoms in total. The number of hydrogen-bond donors (Lipinski definition) is 2. The van der Waals surface area contributed by atoms with E-state index in [0.29, 0.717) is 5.69 Å². The van der Waals surface area contributed by atoms with Crippen LogP contribution < -0.4 is 10.4 Å². The summed E-state index contributed by atoms with van der Waals surface area (Å²) in [6, 6.07) is 16.4. The lowest BCUT2D eigenvalue weighted by atomic mass is 9.79. The van der Waals surface area contributed by atoms with Crippen LogP contribution in [-0.4, -0.2) is 17.0 Å². The van der Waals surface area contributed by atoms with E-state index in [9.17, 15) is 22.8 Å². The molecule has 0 heterocycles. The van der Waals surface area contributed by atoms with Gasteiger partial charge >= 0.3 is 6.18 Å². The van der Waals surface area contributed by atoms with Gasteiger partial charge in [0.15, 0.2) is 0 Å². The molecule has 0 aliphatic heterocycles. The molecule has 3 aromatic carbocycles. The van der Waals surface area contributed by atoms with Crippen LogP contribution in [0.25, 0.3) is 0 Å². The molecular formula is C30H33F3N2O3. The van der Waals surface area contributed by atoms with Crippen LogP contribution in [0.2, 0.25) is 0 Å². The maximum atomic E-state index is 13.7. The van der Waals surface area contributed by atoms with Gasteiger partial charge in [-0.25, -0.2) is 5.48 Å². The molecule has 0 bridgehead atoms. The van der Waals surface area contributed by atoms with E-state index in [2.05, 4.69) is 47.6 Å². The van der Waals surface area contributed by atoms with E-state index in [0.717, 1.165) is 28.8 Å². The number of nitrogens with one attached hydrogen (secondary N) is 1. The third kappa shape index (κ3) is 6.81. The van der Waals surface area contributed by atoms with Gasteiger partial charge in [0.05, 0.1) is 12.1 Å². The van der Waals surface area contributed by atoms with Crippen LogP contribution in [0.3, 0.4) is 0 Å². The number of alkyl halides is 3. The van der Waals surface area contributed by atoms with Crippen LogP contribution in [0.5, 0.6) is 0 Å². The first kappa shape index (κ1) is 28.9. The zero-order valence-electron chi connectivity index (χ0n) is 22.4. The quantitative estimate of drug-likeness (QED) is 0.271. The molecule has 0 radical (unpaired) electrons. The topological polar surface area (TPSA) is 69.6 Å². The molecule has 0 aliphatic rings. The van der Waals surface area contributed by atoms with E-state index in [1.165, 1.54) is 41.3 Å². The highest BCUT2D eigenvalue weighted by molar-refractivity contribution is 6.06. The molecule has 0 fully saturated rings. The summed E-state index contributed by atoms with van der Waals surface area (Å²) in [4.78, 5) is 26.9. The van der Waals surface area contributed by atoms with E-state index in [1.807, 2.05) is 12.1 Å². The molecule has 2 N–H and O–H groups in total. The van der Waals surface area contributed by atoms with Crippen LogP contribution in [0.4, 0.5) is 18.9 Å². The van der Waals surface area contributed by atoms with Crippen molar-refractivity contribution in [3.05, 3.63) is 100 Å². The number of benzene rings is 3. The summed E-state index contributed by atoms with van der Waals surface area (Å²) in [6.45, 7) is 12.6. The van der Waals surface area contributed by atoms with E-state index >= 15 is 0 Å². The molecule has 0 aliphatic carbocycles. The molecule has 2 amide bonds. The van der Waals surface area contributed by atoms with E-state index in [-0.39, 0.29) is 28.5 Å². The Morgan fingerprint density at radius 2 is 1.32 bits per heavy atom. The summed E-state index contributed by atoms with van der Waals surface area (Å²) in [5.41, 5.74) is 3.69. The van der Waals surface area contributed by atoms with Crippen molar-refractivity contribution in [1.82, 2.24) is 5.48 Å². The molecule has 8 heteroatoms. The van der Waals surface area contributed by atoms with Crippen molar-refractivity contribution in [3.63, 3.8) is 0 Å². The highest BCUT2D eigenvalue weighted by Gasteiger charge is 2.32. The van der Waals surface area contributed by atoms with Crippen LogP contribution in [0.1, 0.15) is 84.5 Å². The second kappa shape index (κ2) is 10.6. The zero-order chi connectivity index (χ0) is 28.5. The van der Waals surface area contributed by atoms with Gasteiger partial charge in [-0.05, 0) is 70.0 Å². The Kier molecular flexibility index (Phi) is 8.07. The fourth-order valence-electron chi connectivity index (χ4n) is 3.95. The first-order valence-electron chi connectivity index (χ1n) is 12.2. The first-order valence-corrected chi connectivity index (χ1v) is 12.2. The molecule has 202 valence electrons. The van der Waals surface area contributed by atoms with Crippen molar-refractivity contribution < 1.29 is 28.0 Å². The van der Waals surface area contributed by atoms with Crippen molar-refractivity contribution in [2.45, 2.75) is 65.1 Å². The fraction of sp³-hybridized carbons (Fsp3) is 0.333. The number of anilines is 1. The van der Waals surface area contributed by atoms with Gasteiger partial charge < -0.3 is 4.90 Å². The predicted octanol–water partition coefficient (Wildman–Crippen LogP) is 7.27. The average molecular weight is 527 g/mol. The minimum atomic E-state index is -4.59. The second-order valence-electron chi connectivity index (χ2n) is 11.4. The van der Waals surface area contributed by atoms with Gasteiger partial charge in [0.25, 0.3) is 11.8 Å². The zero-order valence-corrected chi connectivity index (χ0v) is 22.4. The van der Waals surface area contributed by atoms with E-state index < -0.39 is 23.6 Å². The highest BCUT2D eigenvalue weighted by atomic mass is 19.4. The summed E-state index contributed by atoms with van der Waals surface area (Å²) < 4.78 is 40.2. The Balaban J connectivity index is 2.14. The average Bonchev–Trinajstić information content (AvgIpc) is 2.85. The van der Waals surface area contributed by atoms with Gasteiger partial charge in [-0.3, -0.25) is 14.8 Å². The standard InChI is InChI=1S/C30H33F3N2O3/c1-28(2,3)23-14-19(15-24(17-23)29(4,5)6)18-35(25-12-10-20(11-13-25)26(36)34-38)27(37)21-8-7-9-22(16-21)30(31,32)33/h7-17,38H,18H2,1-6H3,(H,34,36). The van der Waals surface area contributed by atoms with Crippen LogP contribution in [-0.2, 0) is 23.6 Å². The fourth-order valence-corrected chi connectivity index (χ4v) is 3.95. The molecule has 0 unspecified atom stereocenters. The maximum absolute atomic E-state index is 13.7. The predicted molar refractivity (Wildman–Crippen MR) is 141 cm³/mol. The summed E-state index contributed by atoms with van der Waals surface area (Å²) >= 11 is 0. The molecule has 38 heavy (non-hydrogen) atoms. The molecule has 3 rings (SSSR count). The SMILES string of the molecule is CC(C)(C)c1cc(CN(C(=O)c2cccc(C(F)(F)F)c2)c2ccc(C(=O)NO)cc2)cc(C(C)(C)C)c1. The van der Waals surface area contributed by atoms with E-state index in [1.54, 1.807) is 5.48 Å². The Morgan fingerprint density at radius 1 is 0.763 bits per heavy atom. The van der Waals surface area contributed by atoms with Gasteiger partial charge in [0.1, 0.15) is 0 Å². The van der Waals surface area contributed by atoms with Crippen LogP contribution in [0.15, 0.2) is 66.7 Å². The molecule has 0 saturated carbocycles. The lowest BCUT2D eigenvalue weighted by molar-refractivity contribution is -0.137. The molecule has 0 saturated heterocycles. The number of hydrogen-bond acceptors (Lipinski definition) is 3. The third-order valence-corrected chi connectivity index (χ3v) is 6.29. The summed E-state index contributed by atoms with van der Waals surface area (Å²) in [5.74, 6) is -1.34. The molecule has 0 aromatic heterocycles. The number of amides is 2. The van der Waals surface area contributed by atoms with E-state index in [4.69, 9.17) is 5.21 Å². The number of carbonyl (C=O) groups excluding carboxylic acids is 2. The summed E-state index contributed by atoms with van der Waals surface area (Å²) in [5, 5.41) is 8.92. The normalized spacial score (nSPS) is 12.3. The van der Waals surface area contributed by atoms with Gasteiger partial charge in [-0.2, -0.15) is 13.2 Å². The van der Waals surface area contributed by atoms with Gasteiger partial charge in [-0.1, -0.05) is 65.8 Å². The van der Waals surface area contributed by atoms with Crippen molar-refractivity contribution in [1.29, 1.82) is 0 Å². The lowest BCUT2D eigenvalue weighted by Gasteiger charge is -2.28. The van der Waals surface area contributed by atoms with Gasteiger partial charge in [0.2, 0.25) is 0 Å².